The van der Waals surface area contributed by atoms with Crippen LogP contribution in [0.25, 0.3) is 10.9 Å². The second-order valence-electron chi connectivity index (χ2n) is 4.30. The van der Waals surface area contributed by atoms with Gasteiger partial charge >= 0.3 is 6.09 Å². The summed E-state index contributed by atoms with van der Waals surface area (Å²) >= 11 is 6.96. The van der Waals surface area contributed by atoms with E-state index in [-0.39, 0.29) is 6.09 Å². The molecule has 0 aliphatic carbocycles. The van der Waals surface area contributed by atoms with Crippen LogP contribution in [-0.4, -0.2) is 17.3 Å². The Balaban J connectivity index is 2.32. The zero-order valence-corrected chi connectivity index (χ0v) is 13.8. The number of halogens is 2. The van der Waals surface area contributed by atoms with E-state index >= 15 is 0 Å². The number of ether oxygens (including phenoxy) is 1. The third kappa shape index (κ3) is 3.20. The Morgan fingerprint density at radius 3 is 2.89 bits per heavy atom. The molecule has 0 amide bonds. The van der Waals surface area contributed by atoms with Gasteiger partial charge in [0.2, 0.25) is 0 Å². The molecule has 19 heavy (non-hydrogen) atoms. The van der Waals surface area contributed by atoms with Crippen LogP contribution in [0.2, 0.25) is 0 Å². The Kier molecular flexibility index (Phi) is 5.05. The van der Waals surface area contributed by atoms with E-state index in [4.69, 9.17) is 4.74 Å². The monoisotopic (exact) mass is 387 g/mol. The summed E-state index contributed by atoms with van der Waals surface area (Å²) in [4.78, 5) is 12.0. The van der Waals surface area contributed by atoms with Crippen molar-refractivity contribution >= 4 is 48.9 Å². The average Bonchev–Trinajstić information content (AvgIpc) is 2.83. The summed E-state index contributed by atoms with van der Waals surface area (Å²) in [5.74, 6) is 0. The molecule has 0 spiro atoms. The van der Waals surface area contributed by atoms with E-state index in [1.54, 1.807) is 10.8 Å². The predicted molar refractivity (Wildman–Crippen MR) is 83.9 cm³/mol. The molecule has 2 rings (SSSR count). The summed E-state index contributed by atoms with van der Waals surface area (Å²) in [6.07, 6.45) is 3.33. The van der Waals surface area contributed by atoms with E-state index in [1.165, 1.54) is 0 Å². The first-order chi connectivity index (χ1) is 9.17. The lowest BCUT2D eigenvalue weighted by atomic mass is 10.2. The van der Waals surface area contributed by atoms with Crippen LogP contribution in [0.1, 0.15) is 25.3 Å². The number of rotatable bonds is 4. The second kappa shape index (κ2) is 6.57. The number of carbonyl (C=O) groups is 1. The number of hydrogen-bond acceptors (Lipinski definition) is 2. The van der Waals surface area contributed by atoms with Crippen LogP contribution in [0, 0.1) is 0 Å². The molecular weight excluding hydrogens is 374 g/mol. The van der Waals surface area contributed by atoms with Crippen molar-refractivity contribution in [2.24, 2.45) is 0 Å². The Bertz CT molecular complexity index is 592. The fourth-order valence-electron chi connectivity index (χ4n) is 1.89. The van der Waals surface area contributed by atoms with Crippen molar-refractivity contribution in [3.8, 4) is 0 Å². The van der Waals surface area contributed by atoms with Crippen molar-refractivity contribution < 1.29 is 9.53 Å². The Hall–Kier alpha value is -0.810. The largest absolute Gasteiger partial charge is 0.449 e. The summed E-state index contributed by atoms with van der Waals surface area (Å²) < 4.78 is 7.69. The standard InChI is InChI=1S/C14H15Br2NO2/c1-2-3-6-19-14(18)17-5-4-11-7-10(9-15)8-12(16)13(11)17/h4-5,7-8H,2-3,6,9H2,1H3. The highest BCUT2D eigenvalue weighted by atomic mass is 79.9. The van der Waals surface area contributed by atoms with E-state index in [9.17, 15) is 4.79 Å². The lowest BCUT2D eigenvalue weighted by Crippen LogP contribution is -2.13. The van der Waals surface area contributed by atoms with Gasteiger partial charge in [0.25, 0.3) is 0 Å². The molecule has 5 heteroatoms. The molecule has 1 aromatic carbocycles. The summed E-state index contributed by atoms with van der Waals surface area (Å²) in [6, 6.07) is 5.99. The predicted octanol–water partition coefficient (Wildman–Crippen LogP) is 5.08. The van der Waals surface area contributed by atoms with E-state index in [0.717, 1.165) is 39.1 Å². The fourth-order valence-corrected chi connectivity index (χ4v) is 2.93. The minimum atomic E-state index is -0.323. The normalized spacial score (nSPS) is 10.9. The Morgan fingerprint density at radius 2 is 2.21 bits per heavy atom. The number of aromatic nitrogens is 1. The van der Waals surface area contributed by atoms with Crippen LogP contribution in [-0.2, 0) is 10.1 Å². The SMILES string of the molecule is CCCCOC(=O)n1ccc2cc(CBr)cc(Br)c21. The maximum atomic E-state index is 12.0. The molecule has 0 fully saturated rings. The molecule has 0 aliphatic rings. The zero-order valence-electron chi connectivity index (χ0n) is 10.7. The third-order valence-electron chi connectivity index (χ3n) is 2.87. The first-order valence-corrected chi connectivity index (χ1v) is 8.11. The summed E-state index contributed by atoms with van der Waals surface area (Å²) in [7, 11) is 0. The van der Waals surface area contributed by atoms with Gasteiger partial charge in [-0.3, -0.25) is 4.57 Å². The molecule has 0 radical (unpaired) electrons. The molecule has 1 heterocycles. The Morgan fingerprint density at radius 1 is 1.42 bits per heavy atom. The first-order valence-electron chi connectivity index (χ1n) is 6.20. The smallest absolute Gasteiger partial charge is 0.418 e. The lowest BCUT2D eigenvalue weighted by Gasteiger charge is -2.07. The van der Waals surface area contributed by atoms with Gasteiger partial charge in [0.15, 0.2) is 0 Å². The van der Waals surface area contributed by atoms with Crippen LogP contribution < -0.4 is 0 Å². The molecule has 2 aromatic rings. The minimum absolute atomic E-state index is 0.323. The molecular formula is C14H15Br2NO2. The lowest BCUT2D eigenvalue weighted by molar-refractivity contribution is 0.147. The van der Waals surface area contributed by atoms with E-state index in [1.807, 2.05) is 12.1 Å². The van der Waals surface area contributed by atoms with Gasteiger partial charge in [0.1, 0.15) is 0 Å². The number of hydrogen-bond donors (Lipinski definition) is 0. The van der Waals surface area contributed by atoms with Crippen LogP contribution in [0.15, 0.2) is 28.9 Å². The van der Waals surface area contributed by atoms with Crippen molar-refractivity contribution in [3.63, 3.8) is 0 Å². The summed E-state index contributed by atoms with van der Waals surface area (Å²) in [5, 5.41) is 1.81. The highest BCUT2D eigenvalue weighted by Gasteiger charge is 2.13. The van der Waals surface area contributed by atoms with Crippen molar-refractivity contribution in [2.45, 2.75) is 25.1 Å². The minimum Gasteiger partial charge on any atom is -0.449 e. The quantitative estimate of drug-likeness (QED) is 0.539. The molecule has 0 unspecified atom stereocenters. The van der Waals surface area contributed by atoms with Crippen LogP contribution in [0.5, 0.6) is 0 Å². The number of fused-ring (bicyclic) bond motifs is 1. The number of benzene rings is 1. The maximum absolute atomic E-state index is 12.0. The van der Waals surface area contributed by atoms with E-state index in [2.05, 4.69) is 44.8 Å². The fraction of sp³-hybridized carbons (Fsp3) is 0.357. The van der Waals surface area contributed by atoms with Gasteiger partial charge in [0.05, 0.1) is 12.1 Å². The van der Waals surface area contributed by atoms with Crippen molar-refractivity contribution in [3.05, 3.63) is 34.4 Å². The van der Waals surface area contributed by atoms with Crippen molar-refractivity contribution in [2.75, 3.05) is 6.61 Å². The molecule has 0 bridgehead atoms. The molecule has 0 atom stereocenters. The molecule has 1 aromatic heterocycles. The van der Waals surface area contributed by atoms with Crippen LogP contribution in [0.3, 0.4) is 0 Å². The van der Waals surface area contributed by atoms with Gasteiger partial charge in [-0.05, 0) is 46.1 Å². The number of unbranched alkanes of at least 4 members (excludes halogenated alkanes) is 1. The number of carbonyl (C=O) groups excluding carboxylic acids is 1. The van der Waals surface area contributed by atoms with Gasteiger partial charge in [-0.1, -0.05) is 29.3 Å². The highest BCUT2D eigenvalue weighted by Crippen LogP contribution is 2.28. The first kappa shape index (κ1) is 14.6. The van der Waals surface area contributed by atoms with Gasteiger partial charge in [0, 0.05) is 21.4 Å². The Labute approximate surface area is 129 Å². The zero-order chi connectivity index (χ0) is 13.8. The van der Waals surface area contributed by atoms with Gasteiger partial charge in [-0.25, -0.2) is 4.79 Å². The molecule has 3 nitrogen and oxygen atoms in total. The third-order valence-corrected chi connectivity index (χ3v) is 4.12. The number of nitrogens with zero attached hydrogens (tertiary/aromatic N) is 1. The second-order valence-corrected chi connectivity index (χ2v) is 5.72. The van der Waals surface area contributed by atoms with Crippen LogP contribution >= 0.6 is 31.9 Å². The highest BCUT2D eigenvalue weighted by molar-refractivity contribution is 9.10. The summed E-state index contributed by atoms with van der Waals surface area (Å²) in [5.41, 5.74) is 2.02. The van der Waals surface area contributed by atoms with Gasteiger partial charge in [-0.15, -0.1) is 0 Å². The van der Waals surface area contributed by atoms with Gasteiger partial charge in [-0.2, -0.15) is 0 Å². The number of alkyl halides is 1. The molecule has 0 saturated heterocycles. The van der Waals surface area contributed by atoms with E-state index in [0.29, 0.717) is 6.61 Å². The molecule has 102 valence electrons. The van der Waals surface area contributed by atoms with Crippen LogP contribution in [0.4, 0.5) is 4.79 Å². The molecule has 0 saturated carbocycles. The van der Waals surface area contributed by atoms with Crippen molar-refractivity contribution in [1.82, 2.24) is 4.57 Å². The molecule has 0 aliphatic heterocycles. The topological polar surface area (TPSA) is 31.2 Å². The van der Waals surface area contributed by atoms with Crippen molar-refractivity contribution in [1.29, 1.82) is 0 Å². The van der Waals surface area contributed by atoms with Gasteiger partial charge < -0.3 is 4.74 Å². The maximum Gasteiger partial charge on any atom is 0.418 e. The summed E-state index contributed by atoms with van der Waals surface area (Å²) in [6.45, 7) is 2.53. The van der Waals surface area contributed by atoms with E-state index < -0.39 is 0 Å². The average molecular weight is 389 g/mol. The molecule has 0 N–H and O–H groups in total.